The number of hydrogen-bond acceptors (Lipinski definition) is 9. The van der Waals surface area contributed by atoms with Crippen LogP contribution in [-0.2, 0) is 22.6 Å². The third-order valence-corrected chi connectivity index (χ3v) is 4.67. The largest absolute Gasteiger partial charge is 0.457 e. The van der Waals surface area contributed by atoms with Gasteiger partial charge in [-0.05, 0) is 12.1 Å². The molecule has 8 nitrogen and oxygen atoms in total. The van der Waals surface area contributed by atoms with Gasteiger partial charge in [0.25, 0.3) is 0 Å². The van der Waals surface area contributed by atoms with Crippen LogP contribution in [0.3, 0.4) is 0 Å². The molecular weight excluding hydrogens is 399 g/mol. The summed E-state index contributed by atoms with van der Waals surface area (Å²) in [6.07, 6.45) is -0.0192. The topological polar surface area (TPSA) is 130 Å². The highest BCUT2D eigenvalue weighted by atomic mass is 35.5. The van der Waals surface area contributed by atoms with Crippen molar-refractivity contribution in [1.29, 1.82) is 0 Å². The fraction of sp³-hybridized carbons (Fsp3) is 0.133. The van der Waals surface area contributed by atoms with E-state index < -0.39 is 5.97 Å². The molecule has 0 bridgehead atoms. The van der Waals surface area contributed by atoms with Crippen molar-refractivity contribution < 1.29 is 9.53 Å². The smallest absolute Gasteiger partial charge is 0.312 e. The molecule has 0 aliphatic rings. The van der Waals surface area contributed by atoms with Crippen LogP contribution in [0.1, 0.15) is 11.5 Å². The summed E-state index contributed by atoms with van der Waals surface area (Å²) in [6.45, 7) is -0.164. The standard InChI is InChI=1S/C15H12Cl2N6O2S/c16-8-2-1-3-9(17)12(8)13-20-7(6-26-13)4-11(24)25-5-10-21-14(18)23-15(19)22-10/h1-3,6H,4-5H2,(H4,18,19,21,22,23). The Kier molecular flexibility index (Phi) is 5.50. The second-order valence-electron chi connectivity index (χ2n) is 5.05. The second-order valence-corrected chi connectivity index (χ2v) is 6.72. The van der Waals surface area contributed by atoms with Crippen LogP contribution in [0.15, 0.2) is 23.6 Å². The zero-order valence-electron chi connectivity index (χ0n) is 13.1. The highest BCUT2D eigenvalue weighted by molar-refractivity contribution is 7.13. The van der Waals surface area contributed by atoms with Gasteiger partial charge in [0, 0.05) is 10.9 Å². The summed E-state index contributed by atoms with van der Waals surface area (Å²) in [5.41, 5.74) is 12.1. The molecule has 2 heterocycles. The van der Waals surface area contributed by atoms with Crippen molar-refractivity contribution in [2.24, 2.45) is 0 Å². The number of hydrogen-bond donors (Lipinski definition) is 2. The van der Waals surface area contributed by atoms with E-state index in [0.29, 0.717) is 26.3 Å². The Bertz CT molecular complexity index is 925. The van der Waals surface area contributed by atoms with Crippen molar-refractivity contribution in [1.82, 2.24) is 19.9 Å². The molecule has 0 spiro atoms. The number of halogens is 2. The third-order valence-electron chi connectivity index (χ3n) is 3.13. The number of thiazole rings is 1. The summed E-state index contributed by atoms with van der Waals surface area (Å²) in [4.78, 5) is 27.7. The number of aromatic nitrogens is 4. The highest BCUT2D eigenvalue weighted by Crippen LogP contribution is 2.36. The SMILES string of the molecule is Nc1nc(N)nc(COC(=O)Cc2csc(-c3c(Cl)cccc3Cl)n2)n1. The Balaban J connectivity index is 1.64. The van der Waals surface area contributed by atoms with Crippen LogP contribution in [0.25, 0.3) is 10.6 Å². The first kappa shape index (κ1) is 18.3. The Morgan fingerprint density at radius 1 is 1.08 bits per heavy atom. The molecule has 0 saturated heterocycles. The van der Waals surface area contributed by atoms with E-state index >= 15 is 0 Å². The molecule has 134 valence electrons. The predicted octanol–water partition coefficient (Wildman–Crippen LogP) is 2.75. The molecule has 0 aliphatic heterocycles. The minimum absolute atomic E-state index is 0.0192. The Hall–Kier alpha value is -2.49. The van der Waals surface area contributed by atoms with E-state index in [0.717, 1.165) is 0 Å². The van der Waals surface area contributed by atoms with Gasteiger partial charge in [0.05, 0.1) is 22.2 Å². The van der Waals surface area contributed by atoms with Crippen molar-refractivity contribution in [3.05, 3.63) is 45.1 Å². The van der Waals surface area contributed by atoms with Crippen molar-refractivity contribution >= 4 is 52.4 Å². The summed E-state index contributed by atoms with van der Waals surface area (Å²) in [7, 11) is 0. The molecule has 3 aromatic rings. The number of ether oxygens (including phenoxy) is 1. The normalized spacial score (nSPS) is 10.7. The molecule has 3 rings (SSSR count). The van der Waals surface area contributed by atoms with E-state index in [9.17, 15) is 4.79 Å². The average Bonchev–Trinajstić information content (AvgIpc) is 3.00. The lowest BCUT2D eigenvalue weighted by molar-refractivity contribution is -0.144. The Morgan fingerprint density at radius 3 is 2.38 bits per heavy atom. The molecule has 0 saturated carbocycles. The van der Waals surface area contributed by atoms with Crippen LogP contribution >= 0.6 is 34.5 Å². The van der Waals surface area contributed by atoms with Crippen molar-refractivity contribution in [2.75, 3.05) is 11.5 Å². The summed E-state index contributed by atoms with van der Waals surface area (Å²) in [5.74, 6) is -0.400. The number of nitrogens with zero attached hydrogens (tertiary/aromatic N) is 4. The molecule has 0 radical (unpaired) electrons. The second kappa shape index (κ2) is 7.81. The first-order chi connectivity index (χ1) is 12.4. The Morgan fingerprint density at radius 2 is 1.73 bits per heavy atom. The Labute approximate surface area is 162 Å². The molecule has 2 aromatic heterocycles. The fourth-order valence-corrected chi connectivity index (χ4v) is 3.65. The number of carbonyl (C=O) groups is 1. The molecule has 0 fully saturated rings. The van der Waals surface area contributed by atoms with Gasteiger partial charge in [-0.1, -0.05) is 29.3 Å². The van der Waals surface area contributed by atoms with Crippen LogP contribution in [0.4, 0.5) is 11.9 Å². The number of carbonyl (C=O) groups excluding carboxylic acids is 1. The van der Waals surface area contributed by atoms with Crippen LogP contribution in [0.5, 0.6) is 0 Å². The van der Waals surface area contributed by atoms with Gasteiger partial charge in [0.2, 0.25) is 11.9 Å². The van der Waals surface area contributed by atoms with E-state index in [1.54, 1.807) is 23.6 Å². The molecule has 0 amide bonds. The number of nitrogens with two attached hydrogens (primary N) is 2. The third kappa shape index (κ3) is 4.37. The summed E-state index contributed by atoms with van der Waals surface area (Å²) < 4.78 is 5.11. The molecule has 0 unspecified atom stereocenters. The minimum Gasteiger partial charge on any atom is -0.457 e. The van der Waals surface area contributed by atoms with Gasteiger partial charge in [-0.25, -0.2) is 4.98 Å². The number of rotatable bonds is 5. The quantitative estimate of drug-likeness (QED) is 0.613. The summed E-state index contributed by atoms with van der Waals surface area (Å²) in [5, 5.41) is 3.35. The summed E-state index contributed by atoms with van der Waals surface area (Å²) in [6, 6.07) is 5.20. The zero-order valence-corrected chi connectivity index (χ0v) is 15.5. The van der Waals surface area contributed by atoms with E-state index in [1.807, 2.05) is 0 Å². The average molecular weight is 411 g/mol. The molecular formula is C15H12Cl2N6O2S. The van der Waals surface area contributed by atoms with E-state index in [1.165, 1.54) is 11.3 Å². The van der Waals surface area contributed by atoms with Crippen LogP contribution in [0, 0.1) is 0 Å². The maximum absolute atomic E-state index is 12.0. The first-order valence-corrected chi connectivity index (χ1v) is 8.86. The number of benzene rings is 1. The van der Waals surface area contributed by atoms with Crippen molar-refractivity contribution in [3.63, 3.8) is 0 Å². The molecule has 26 heavy (non-hydrogen) atoms. The molecule has 0 atom stereocenters. The van der Waals surface area contributed by atoms with Gasteiger partial charge in [-0.2, -0.15) is 15.0 Å². The van der Waals surface area contributed by atoms with Crippen LogP contribution in [0.2, 0.25) is 10.0 Å². The fourth-order valence-electron chi connectivity index (χ4n) is 2.07. The maximum Gasteiger partial charge on any atom is 0.312 e. The number of nitrogen functional groups attached to an aromatic ring is 2. The lowest BCUT2D eigenvalue weighted by Gasteiger charge is -2.04. The first-order valence-electron chi connectivity index (χ1n) is 7.22. The maximum atomic E-state index is 12.0. The van der Waals surface area contributed by atoms with Gasteiger partial charge >= 0.3 is 5.97 Å². The molecule has 11 heteroatoms. The van der Waals surface area contributed by atoms with Crippen molar-refractivity contribution in [3.8, 4) is 10.6 Å². The predicted molar refractivity (Wildman–Crippen MR) is 99.7 cm³/mol. The van der Waals surface area contributed by atoms with Crippen LogP contribution < -0.4 is 11.5 Å². The molecule has 1 aromatic carbocycles. The van der Waals surface area contributed by atoms with Gasteiger partial charge in [-0.15, -0.1) is 11.3 Å². The monoisotopic (exact) mass is 410 g/mol. The van der Waals surface area contributed by atoms with E-state index in [-0.39, 0.29) is 30.7 Å². The van der Waals surface area contributed by atoms with Gasteiger partial charge < -0.3 is 16.2 Å². The summed E-state index contributed by atoms with van der Waals surface area (Å²) >= 11 is 13.7. The highest BCUT2D eigenvalue weighted by Gasteiger charge is 2.15. The lowest BCUT2D eigenvalue weighted by Crippen LogP contribution is -2.12. The number of anilines is 2. The van der Waals surface area contributed by atoms with E-state index in [2.05, 4.69) is 19.9 Å². The van der Waals surface area contributed by atoms with Gasteiger partial charge in [-0.3, -0.25) is 4.79 Å². The molecule has 4 N–H and O–H groups in total. The van der Waals surface area contributed by atoms with E-state index in [4.69, 9.17) is 39.4 Å². The molecule has 0 aliphatic carbocycles. The zero-order chi connectivity index (χ0) is 18.7. The van der Waals surface area contributed by atoms with Gasteiger partial charge in [0.1, 0.15) is 5.01 Å². The number of esters is 1. The van der Waals surface area contributed by atoms with Gasteiger partial charge in [0.15, 0.2) is 12.4 Å². The van der Waals surface area contributed by atoms with Crippen molar-refractivity contribution in [2.45, 2.75) is 13.0 Å². The van der Waals surface area contributed by atoms with Crippen LogP contribution in [-0.4, -0.2) is 25.9 Å². The lowest BCUT2D eigenvalue weighted by atomic mass is 10.2. The minimum atomic E-state index is -0.496.